The van der Waals surface area contributed by atoms with Crippen LogP contribution in [0.25, 0.3) is 0 Å². The monoisotopic (exact) mass is 304 g/mol. The highest BCUT2D eigenvalue weighted by molar-refractivity contribution is 5.48. The van der Waals surface area contributed by atoms with Gasteiger partial charge in [0.15, 0.2) is 0 Å². The molecule has 0 aliphatic carbocycles. The third-order valence-corrected chi connectivity index (χ3v) is 4.23. The normalized spacial score (nSPS) is 27.7. The van der Waals surface area contributed by atoms with Crippen molar-refractivity contribution in [3.63, 3.8) is 0 Å². The number of likely N-dealkylation sites (tertiary alicyclic amines) is 1. The predicted molar refractivity (Wildman–Crippen MR) is 74.7 cm³/mol. The van der Waals surface area contributed by atoms with Crippen molar-refractivity contribution >= 4 is 5.69 Å². The van der Waals surface area contributed by atoms with Gasteiger partial charge in [-0.25, -0.2) is 4.39 Å². The lowest BCUT2D eigenvalue weighted by molar-refractivity contribution is -0.139. The summed E-state index contributed by atoms with van der Waals surface area (Å²) < 4.78 is 51.4. The van der Waals surface area contributed by atoms with Crippen LogP contribution >= 0.6 is 0 Å². The van der Waals surface area contributed by atoms with Crippen LogP contribution in [0.5, 0.6) is 0 Å². The van der Waals surface area contributed by atoms with Crippen LogP contribution < -0.4 is 5.32 Å². The van der Waals surface area contributed by atoms with Gasteiger partial charge in [0.1, 0.15) is 5.82 Å². The molecule has 2 nitrogen and oxygen atoms in total. The van der Waals surface area contributed by atoms with Crippen LogP contribution in [-0.4, -0.2) is 30.6 Å². The number of nitrogens with one attached hydrogen (secondary N) is 1. The number of halogens is 4. The maximum absolute atomic E-state index is 13.3. The highest BCUT2D eigenvalue weighted by Gasteiger charge is 2.35. The molecule has 1 aliphatic rings. The second-order valence-electron chi connectivity index (χ2n) is 5.94. The highest BCUT2D eigenvalue weighted by atomic mass is 19.4. The number of hydrogen-bond acceptors (Lipinski definition) is 2. The summed E-state index contributed by atoms with van der Waals surface area (Å²) in [6.07, 6.45) is -3.83. The molecule has 1 fully saturated rings. The van der Waals surface area contributed by atoms with E-state index in [4.69, 9.17) is 0 Å². The van der Waals surface area contributed by atoms with Gasteiger partial charge < -0.3 is 10.2 Å². The Kier molecular flexibility index (Phi) is 4.46. The van der Waals surface area contributed by atoms with Gasteiger partial charge >= 0.3 is 6.18 Å². The molecule has 3 atom stereocenters. The van der Waals surface area contributed by atoms with Crippen LogP contribution in [0.4, 0.5) is 23.2 Å². The topological polar surface area (TPSA) is 15.3 Å². The SMILES string of the molecule is CC1CN(C)C(C)CC1Nc1ccc(F)c(C(F)(F)F)c1. The Balaban J connectivity index is 2.16. The Labute approximate surface area is 122 Å². The second kappa shape index (κ2) is 5.83. The molecule has 2 rings (SSSR count). The van der Waals surface area contributed by atoms with Crippen LogP contribution in [-0.2, 0) is 6.18 Å². The molecule has 21 heavy (non-hydrogen) atoms. The van der Waals surface area contributed by atoms with E-state index in [0.29, 0.717) is 17.6 Å². The lowest BCUT2D eigenvalue weighted by Gasteiger charge is -2.40. The average Bonchev–Trinajstić information content (AvgIpc) is 2.37. The summed E-state index contributed by atoms with van der Waals surface area (Å²) in [6, 6.07) is 3.53. The number of nitrogens with zero attached hydrogens (tertiary/aromatic N) is 1. The molecule has 0 radical (unpaired) electrons. The van der Waals surface area contributed by atoms with Crippen molar-refractivity contribution in [3.8, 4) is 0 Å². The fourth-order valence-electron chi connectivity index (χ4n) is 2.79. The molecule has 0 aromatic heterocycles. The van der Waals surface area contributed by atoms with E-state index in [0.717, 1.165) is 25.1 Å². The molecule has 1 aromatic carbocycles. The number of alkyl halides is 3. The van der Waals surface area contributed by atoms with Gasteiger partial charge in [0.25, 0.3) is 0 Å². The van der Waals surface area contributed by atoms with Gasteiger partial charge in [0.05, 0.1) is 5.56 Å². The van der Waals surface area contributed by atoms with Gasteiger partial charge in [0, 0.05) is 24.3 Å². The number of hydrogen-bond donors (Lipinski definition) is 1. The number of benzene rings is 1. The van der Waals surface area contributed by atoms with Crippen molar-refractivity contribution < 1.29 is 17.6 Å². The van der Waals surface area contributed by atoms with Crippen molar-refractivity contribution in [1.29, 1.82) is 0 Å². The Bertz CT molecular complexity index is 501. The molecule has 6 heteroatoms. The van der Waals surface area contributed by atoms with Crippen molar-refractivity contribution in [3.05, 3.63) is 29.6 Å². The van der Waals surface area contributed by atoms with Crippen molar-refractivity contribution in [1.82, 2.24) is 4.90 Å². The van der Waals surface area contributed by atoms with E-state index < -0.39 is 17.6 Å². The average molecular weight is 304 g/mol. The van der Waals surface area contributed by atoms with Crippen LogP contribution in [0.2, 0.25) is 0 Å². The zero-order chi connectivity index (χ0) is 15.8. The Morgan fingerprint density at radius 1 is 1.24 bits per heavy atom. The Hall–Kier alpha value is -1.30. The summed E-state index contributed by atoms with van der Waals surface area (Å²) in [4.78, 5) is 2.23. The Morgan fingerprint density at radius 3 is 2.52 bits per heavy atom. The summed E-state index contributed by atoms with van der Waals surface area (Å²) in [5, 5.41) is 3.13. The molecule has 1 heterocycles. The fourth-order valence-corrected chi connectivity index (χ4v) is 2.79. The van der Waals surface area contributed by atoms with Crippen LogP contribution in [0.15, 0.2) is 18.2 Å². The van der Waals surface area contributed by atoms with Gasteiger partial charge in [-0.05, 0) is 44.5 Å². The molecule has 0 saturated carbocycles. The summed E-state index contributed by atoms with van der Waals surface area (Å²) >= 11 is 0. The van der Waals surface area contributed by atoms with Gasteiger partial charge in [0.2, 0.25) is 0 Å². The molecular weight excluding hydrogens is 284 g/mol. The van der Waals surface area contributed by atoms with Crippen molar-refractivity contribution in [2.24, 2.45) is 5.92 Å². The van der Waals surface area contributed by atoms with Crippen LogP contribution in [0.1, 0.15) is 25.8 Å². The maximum atomic E-state index is 13.3. The van der Waals surface area contributed by atoms with Crippen LogP contribution in [0, 0.1) is 11.7 Å². The smallest absolute Gasteiger partial charge is 0.382 e. The lowest BCUT2D eigenvalue weighted by Crippen LogP contribution is -2.48. The summed E-state index contributed by atoms with van der Waals surface area (Å²) in [5.41, 5.74) is -0.904. The zero-order valence-corrected chi connectivity index (χ0v) is 12.3. The second-order valence-corrected chi connectivity index (χ2v) is 5.94. The molecule has 118 valence electrons. The Morgan fingerprint density at radius 2 is 1.90 bits per heavy atom. The first kappa shape index (κ1) is 16.1. The van der Waals surface area contributed by atoms with Crippen molar-refractivity contribution in [2.75, 3.05) is 18.9 Å². The molecule has 1 N–H and O–H groups in total. The molecule has 0 amide bonds. The maximum Gasteiger partial charge on any atom is 0.419 e. The summed E-state index contributed by atoms with van der Waals surface area (Å²) in [5.74, 6) is -0.927. The standard InChI is InChI=1S/C15H20F4N2/c1-9-8-21(3)10(2)6-14(9)20-11-4-5-13(16)12(7-11)15(17,18)19/h4-5,7,9-10,14,20H,6,8H2,1-3H3. The molecule has 1 saturated heterocycles. The summed E-state index contributed by atoms with van der Waals surface area (Å²) in [6.45, 7) is 5.03. The molecular formula is C15H20F4N2. The largest absolute Gasteiger partial charge is 0.419 e. The van der Waals surface area contributed by atoms with Gasteiger partial charge in [-0.15, -0.1) is 0 Å². The first-order valence-corrected chi connectivity index (χ1v) is 7.02. The first-order chi connectivity index (χ1) is 9.68. The number of rotatable bonds is 2. The third kappa shape index (κ3) is 3.67. The van der Waals surface area contributed by atoms with E-state index in [1.165, 1.54) is 6.07 Å². The molecule has 0 spiro atoms. The van der Waals surface area contributed by atoms with E-state index in [9.17, 15) is 17.6 Å². The van der Waals surface area contributed by atoms with E-state index in [2.05, 4.69) is 24.1 Å². The van der Waals surface area contributed by atoms with E-state index in [1.54, 1.807) is 0 Å². The molecule has 1 aromatic rings. The minimum Gasteiger partial charge on any atom is -0.382 e. The minimum absolute atomic E-state index is 0.0859. The van der Waals surface area contributed by atoms with Gasteiger partial charge in [-0.1, -0.05) is 6.92 Å². The first-order valence-electron chi connectivity index (χ1n) is 7.02. The fraction of sp³-hybridized carbons (Fsp3) is 0.600. The number of anilines is 1. The van der Waals surface area contributed by atoms with Crippen LogP contribution in [0.3, 0.4) is 0 Å². The molecule has 3 unspecified atom stereocenters. The van der Waals surface area contributed by atoms with E-state index in [1.807, 2.05) is 7.05 Å². The highest BCUT2D eigenvalue weighted by Crippen LogP contribution is 2.34. The van der Waals surface area contributed by atoms with Crippen molar-refractivity contribution in [2.45, 2.75) is 38.5 Å². The van der Waals surface area contributed by atoms with Gasteiger partial charge in [-0.3, -0.25) is 0 Å². The zero-order valence-electron chi connectivity index (χ0n) is 12.3. The third-order valence-electron chi connectivity index (χ3n) is 4.23. The number of piperidine rings is 1. The quantitative estimate of drug-likeness (QED) is 0.831. The lowest BCUT2D eigenvalue weighted by atomic mass is 9.89. The molecule has 1 aliphatic heterocycles. The predicted octanol–water partition coefficient (Wildman–Crippen LogP) is 3.99. The summed E-state index contributed by atoms with van der Waals surface area (Å²) in [7, 11) is 2.04. The van der Waals surface area contributed by atoms with E-state index in [-0.39, 0.29) is 6.04 Å². The van der Waals surface area contributed by atoms with E-state index >= 15 is 0 Å². The van der Waals surface area contributed by atoms with Gasteiger partial charge in [-0.2, -0.15) is 13.2 Å². The minimum atomic E-state index is -4.67. The molecule has 0 bridgehead atoms.